The summed E-state index contributed by atoms with van der Waals surface area (Å²) in [7, 11) is -0.343. The summed E-state index contributed by atoms with van der Waals surface area (Å²) in [4.78, 5) is 9.83. The average Bonchev–Trinajstić information content (AvgIpc) is 3.02. The Balaban J connectivity index is 1.83. The second kappa shape index (κ2) is 6.56. The van der Waals surface area contributed by atoms with Crippen LogP contribution in [0, 0.1) is 0 Å². The summed E-state index contributed by atoms with van der Waals surface area (Å²) < 4.78 is 25.6. The third-order valence-corrected chi connectivity index (χ3v) is 6.99. The summed E-state index contributed by atoms with van der Waals surface area (Å²) in [5.74, 6) is 0.652. The molecule has 8 heteroatoms. The fourth-order valence-electron chi connectivity index (χ4n) is 2.04. The summed E-state index contributed by atoms with van der Waals surface area (Å²) in [6.45, 7) is 0. The smallest absolute Gasteiger partial charge is 0.229 e. The lowest BCUT2D eigenvalue weighted by Gasteiger charge is -2.12. The highest BCUT2D eigenvalue weighted by molar-refractivity contribution is 7.98. The van der Waals surface area contributed by atoms with Gasteiger partial charge in [0.2, 0.25) is 10.0 Å². The Morgan fingerprint density at radius 1 is 1.22 bits per heavy atom. The Kier molecular flexibility index (Phi) is 4.67. The molecular weight excluding hydrogens is 350 g/mol. The Bertz CT molecular complexity index is 936. The minimum Gasteiger partial charge on any atom is -0.229 e. The first-order valence-corrected chi connectivity index (χ1v) is 10.1. The van der Waals surface area contributed by atoms with Gasteiger partial charge in [-0.1, -0.05) is 12.1 Å². The number of thioether (sulfide) groups is 1. The number of hydrogen-bond donors (Lipinski definition) is 0. The van der Waals surface area contributed by atoms with Crippen LogP contribution in [0.4, 0.5) is 0 Å². The topological polar surface area (TPSA) is 63.2 Å². The number of benzene rings is 1. The van der Waals surface area contributed by atoms with Crippen LogP contribution in [0.15, 0.2) is 52.0 Å². The first-order valence-electron chi connectivity index (χ1n) is 6.81. The average molecular weight is 366 g/mol. The van der Waals surface area contributed by atoms with E-state index in [1.165, 1.54) is 18.4 Å². The molecule has 0 saturated carbocycles. The van der Waals surface area contributed by atoms with Gasteiger partial charge in [-0.2, -0.15) is 0 Å². The van der Waals surface area contributed by atoms with E-state index in [0.717, 1.165) is 20.8 Å². The monoisotopic (exact) mass is 365 g/mol. The molecule has 3 rings (SSSR count). The van der Waals surface area contributed by atoms with Crippen molar-refractivity contribution in [1.82, 2.24) is 14.3 Å². The number of nitrogens with zero attached hydrogens (tertiary/aromatic N) is 3. The molecule has 0 unspecified atom stereocenters. The second-order valence-corrected chi connectivity index (χ2v) is 9.05. The lowest BCUT2D eigenvalue weighted by Crippen LogP contribution is -2.22. The maximum atomic E-state index is 12.2. The molecule has 0 amide bonds. The number of sulfonamides is 1. The first kappa shape index (κ1) is 16.4. The molecular formula is C15H15N3O2S3. The molecule has 120 valence electrons. The van der Waals surface area contributed by atoms with Gasteiger partial charge in [-0.05, 0) is 29.1 Å². The number of fused-ring (bicyclic) bond motifs is 1. The van der Waals surface area contributed by atoms with Gasteiger partial charge in [-0.15, -0.1) is 23.1 Å². The highest BCUT2D eigenvalue weighted by Crippen LogP contribution is 2.30. The lowest BCUT2D eigenvalue weighted by atomic mass is 10.2. The maximum absolute atomic E-state index is 12.2. The van der Waals surface area contributed by atoms with Gasteiger partial charge in [0, 0.05) is 25.2 Å². The number of thiophene rings is 1. The van der Waals surface area contributed by atoms with E-state index >= 15 is 0 Å². The molecule has 0 fully saturated rings. The fraction of sp³-hybridized carbons (Fsp3) is 0.200. The van der Waals surface area contributed by atoms with Crippen molar-refractivity contribution in [3.63, 3.8) is 0 Å². The Morgan fingerprint density at radius 2 is 2.04 bits per heavy atom. The lowest BCUT2D eigenvalue weighted by molar-refractivity contribution is 0.520. The second-order valence-electron chi connectivity index (χ2n) is 5.04. The molecule has 23 heavy (non-hydrogen) atoms. The van der Waals surface area contributed by atoms with Gasteiger partial charge in [-0.3, -0.25) is 0 Å². The third kappa shape index (κ3) is 3.40. The van der Waals surface area contributed by atoms with Crippen molar-refractivity contribution < 1.29 is 8.42 Å². The van der Waals surface area contributed by atoms with E-state index in [9.17, 15) is 8.42 Å². The number of hydrogen-bond acceptors (Lipinski definition) is 6. The standard InChI is InChI=1S/C15H15N3O2S3/c1-18(2)23(19,20)12-5-3-4-11(8-12)9-22-15-13-6-7-21-14(13)16-10-17-15/h3-8,10H,9H2,1-2H3. The predicted octanol–water partition coefficient (Wildman–Crippen LogP) is 3.23. The highest BCUT2D eigenvalue weighted by Gasteiger charge is 2.17. The van der Waals surface area contributed by atoms with Crippen molar-refractivity contribution in [3.8, 4) is 0 Å². The van der Waals surface area contributed by atoms with E-state index in [4.69, 9.17) is 0 Å². The highest BCUT2D eigenvalue weighted by atomic mass is 32.2. The molecule has 3 aromatic rings. The zero-order valence-corrected chi connectivity index (χ0v) is 15.1. The Hall–Kier alpha value is -1.48. The van der Waals surface area contributed by atoms with Crippen molar-refractivity contribution in [1.29, 1.82) is 0 Å². The molecule has 2 aromatic heterocycles. The maximum Gasteiger partial charge on any atom is 0.242 e. The molecule has 0 bridgehead atoms. The molecule has 0 saturated heterocycles. The largest absolute Gasteiger partial charge is 0.242 e. The van der Waals surface area contributed by atoms with Crippen LogP contribution in [0.5, 0.6) is 0 Å². The Morgan fingerprint density at radius 3 is 2.83 bits per heavy atom. The molecule has 0 radical (unpaired) electrons. The van der Waals surface area contributed by atoms with Gasteiger partial charge in [0.1, 0.15) is 16.2 Å². The predicted molar refractivity (Wildman–Crippen MR) is 94.3 cm³/mol. The van der Waals surface area contributed by atoms with E-state index < -0.39 is 10.0 Å². The molecule has 0 N–H and O–H groups in total. The van der Waals surface area contributed by atoms with Crippen LogP contribution in [0.25, 0.3) is 10.2 Å². The summed E-state index contributed by atoms with van der Waals surface area (Å²) in [5.41, 5.74) is 0.944. The van der Waals surface area contributed by atoms with Crippen molar-refractivity contribution in [3.05, 3.63) is 47.6 Å². The van der Waals surface area contributed by atoms with Gasteiger partial charge >= 0.3 is 0 Å². The molecule has 2 heterocycles. The molecule has 0 atom stereocenters. The van der Waals surface area contributed by atoms with Gasteiger partial charge in [-0.25, -0.2) is 22.7 Å². The summed E-state index contributed by atoms with van der Waals surface area (Å²) in [6.07, 6.45) is 1.56. The van der Waals surface area contributed by atoms with Crippen LogP contribution in [-0.2, 0) is 15.8 Å². The molecule has 1 aromatic carbocycles. The zero-order chi connectivity index (χ0) is 16.4. The molecule has 0 spiro atoms. The summed E-state index contributed by atoms with van der Waals surface area (Å²) >= 11 is 3.17. The fourth-order valence-corrected chi connectivity index (χ4v) is 4.74. The first-order chi connectivity index (χ1) is 11.0. The normalized spacial score (nSPS) is 12.1. The van der Waals surface area contributed by atoms with Crippen LogP contribution in [0.1, 0.15) is 5.56 Å². The zero-order valence-electron chi connectivity index (χ0n) is 12.6. The van der Waals surface area contributed by atoms with Crippen LogP contribution in [0.2, 0.25) is 0 Å². The summed E-state index contributed by atoms with van der Waals surface area (Å²) in [6, 6.07) is 9.04. The van der Waals surface area contributed by atoms with Gasteiger partial charge in [0.15, 0.2) is 0 Å². The Labute approximate surface area is 143 Å². The quantitative estimate of drug-likeness (QED) is 0.513. The van der Waals surface area contributed by atoms with E-state index in [1.54, 1.807) is 47.6 Å². The number of aromatic nitrogens is 2. The third-order valence-electron chi connectivity index (χ3n) is 3.28. The summed E-state index contributed by atoms with van der Waals surface area (Å²) in [5, 5.41) is 3.95. The van der Waals surface area contributed by atoms with Crippen LogP contribution >= 0.6 is 23.1 Å². The minimum atomic E-state index is -3.41. The SMILES string of the molecule is CN(C)S(=O)(=O)c1cccc(CSc2ncnc3sccc23)c1. The molecule has 0 aliphatic heterocycles. The van der Waals surface area contributed by atoms with E-state index in [2.05, 4.69) is 9.97 Å². The molecule has 0 aliphatic rings. The van der Waals surface area contributed by atoms with Gasteiger partial charge < -0.3 is 0 Å². The van der Waals surface area contributed by atoms with Gasteiger partial charge in [0.25, 0.3) is 0 Å². The van der Waals surface area contributed by atoms with Crippen molar-refractivity contribution in [2.75, 3.05) is 14.1 Å². The van der Waals surface area contributed by atoms with Crippen LogP contribution in [0.3, 0.4) is 0 Å². The minimum absolute atomic E-state index is 0.309. The van der Waals surface area contributed by atoms with E-state index in [0.29, 0.717) is 10.6 Å². The van der Waals surface area contributed by atoms with Gasteiger partial charge in [0.05, 0.1) is 4.90 Å². The van der Waals surface area contributed by atoms with Crippen molar-refractivity contribution in [2.24, 2.45) is 0 Å². The van der Waals surface area contributed by atoms with Crippen molar-refractivity contribution >= 4 is 43.3 Å². The molecule has 5 nitrogen and oxygen atoms in total. The molecule has 0 aliphatic carbocycles. The van der Waals surface area contributed by atoms with Crippen LogP contribution < -0.4 is 0 Å². The van der Waals surface area contributed by atoms with E-state index in [-0.39, 0.29) is 0 Å². The number of rotatable bonds is 5. The van der Waals surface area contributed by atoms with Crippen molar-refractivity contribution in [2.45, 2.75) is 15.7 Å². The van der Waals surface area contributed by atoms with Crippen LogP contribution in [-0.4, -0.2) is 36.8 Å². The van der Waals surface area contributed by atoms with E-state index in [1.807, 2.05) is 17.5 Å².